The standard InChI is InChI=1S/C12H13FN4OS/c1-17(5-8-6-19-7-15-8)12(18)9-3-2-4-10(13)11(9)16-14/h2-4,6-7,16H,5,14H2,1H3. The number of nitrogen functional groups attached to an aromatic ring is 1. The average Bonchev–Trinajstić information content (AvgIpc) is 2.90. The van der Waals surface area contributed by atoms with E-state index in [1.165, 1.54) is 34.4 Å². The highest BCUT2D eigenvalue weighted by Crippen LogP contribution is 2.20. The van der Waals surface area contributed by atoms with Gasteiger partial charge in [-0.3, -0.25) is 10.6 Å². The van der Waals surface area contributed by atoms with Gasteiger partial charge in [0.05, 0.1) is 29.0 Å². The number of carbonyl (C=O) groups is 1. The van der Waals surface area contributed by atoms with Crippen LogP contribution < -0.4 is 11.3 Å². The average molecular weight is 280 g/mol. The van der Waals surface area contributed by atoms with Gasteiger partial charge >= 0.3 is 0 Å². The van der Waals surface area contributed by atoms with Crippen LogP contribution in [0.1, 0.15) is 16.1 Å². The molecule has 0 saturated carbocycles. The first-order chi connectivity index (χ1) is 9.13. The van der Waals surface area contributed by atoms with Gasteiger partial charge in [-0.25, -0.2) is 9.37 Å². The molecule has 2 aromatic rings. The summed E-state index contributed by atoms with van der Waals surface area (Å²) >= 11 is 1.46. The molecule has 0 aliphatic heterocycles. The number of nitrogens with two attached hydrogens (primary N) is 1. The number of para-hydroxylation sites is 1. The van der Waals surface area contributed by atoms with Crippen LogP contribution in [0.4, 0.5) is 10.1 Å². The van der Waals surface area contributed by atoms with Gasteiger partial charge in [-0.2, -0.15) is 0 Å². The predicted octanol–water partition coefficient (Wildman–Crippen LogP) is 1.84. The Bertz CT molecular complexity index is 573. The molecule has 3 N–H and O–H groups in total. The molecule has 100 valence electrons. The van der Waals surface area contributed by atoms with Crippen LogP contribution in [0.15, 0.2) is 29.1 Å². The molecule has 0 unspecified atom stereocenters. The molecule has 0 bridgehead atoms. The topological polar surface area (TPSA) is 71.2 Å². The van der Waals surface area contributed by atoms with Crippen LogP contribution in [0.5, 0.6) is 0 Å². The summed E-state index contributed by atoms with van der Waals surface area (Å²) in [6.45, 7) is 0.364. The molecule has 0 aliphatic rings. The van der Waals surface area contributed by atoms with E-state index < -0.39 is 5.82 Å². The largest absolute Gasteiger partial charge is 0.336 e. The molecule has 1 amide bonds. The number of rotatable bonds is 4. The van der Waals surface area contributed by atoms with Crippen LogP contribution in [-0.2, 0) is 6.54 Å². The van der Waals surface area contributed by atoms with Gasteiger partial charge in [0.1, 0.15) is 5.82 Å². The lowest BCUT2D eigenvalue weighted by atomic mass is 10.1. The normalized spacial score (nSPS) is 10.3. The second kappa shape index (κ2) is 5.77. The van der Waals surface area contributed by atoms with Crippen molar-refractivity contribution in [1.29, 1.82) is 0 Å². The van der Waals surface area contributed by atoms with E-state index >= 15 is 0 Å². The van der Waals surface area contributed by atoms with Gasteiger partial charge in [0.15, 0.2) is 0 Å². The minimum absolute atomic E-state index is 0.00220. The van der Waals surface area contributed by atoms with E-state index in [1.807, 2.05) is 5.38 Å². The highest BCUT2D eigenvalue weighted by atomic mass is 32.1. The number of hydrogen-bond acceptors (Lipinski definition) is 5. The maximum atomic E-state index is 13.5. The van der Waals surface area contributed by atoms with Gasteiger partial charge in [-0.15, -0.1) is 11.3 Å². The molecule has 2 rings (SSSR count). The van der Waals surface area contributed by atoms with Crippen molar-refractivity contribution in [1.82, 2.24) is 9.88 Å². The molecule has 0 saturated heterocycles. The van der Waals surface area contributed by atoms with E-state index in [-0.39, 0.29) is 17.2 Å². The molecule has 1 heterocycles. The lowest BCUT2D eigenvalue weighted by Gasteiger charge is -2.18. The Morgan fingerprint density at radius 1 is 1.58 bits per heavy atom. The third-order valence-electron chi connectivity index (χ3n) is 2.62. The predicted molar refractivity (Wildman–Crippen MR) is 72.1 cm³/mol. The first-order valence-corrected chi connectivity index (χ1v) is 6.45. The number of amides is 1. The lowest BCUT2D eigenvalue weighted by Crippen LogP contribution is -2.28. The van der Waals surface area contributed by atoms with Gasteiger partial charge in [-0.05, 0) is 12.1 Å². The highest BCUT2D eigenvalue weighted by Gasteiger charge is 2.18. The van der Waals surface area contributed by atoms with Crippen LogP contribution >= 0.6 is 11.3 Å². The third-order valence-corrected chi connectivity index (χ3v) is 3.25. The molecule has 5 nitrogen and oxygen atoms in total. The molecule has 1 aromatic carbocycles. The van der Waals surface area contributed by atoms with Crippen LogP contribution in [0.3, 0.4) is 0 Å². The van der Waals surface area contributed by atoms with E-state index in [2.05, 4.69) is 10.4 Å². The van der Waals surface area contributed by atoms with Crippen molar-refractivity contribution >= 4 is 22.9 Å². The minimum atomic E-state index is -0.560. The molecule has 0 spiro atoms. The number of hydrogen-bond donors (Lipinski definition) is 2. The fraction of sp³-hybridized carbons (Fsp3) is 0.167. The zero-order valence-electron chi connectivity index (χ0n) is 10.3. The Labute approximate surface area is 113 Å². The summed E-state index contributed by atoms with van der Waals surface area (Å²) in [6.07, 6.45) is 0. The second-order valence-corrected chi connectivity index (χ2v) is 4.67. The summed E-state index contributed by atoms with van der Waals surface area (Å²) in [7, 11) is 1.63. The summed E-state index contributed by atoms with van der Waals surface area (Å²) in [5.74, 6) is 4.38. The molecular weight excluding hydrogens is 267 g/mol. The number of thiazole rings is 1. The molecule has 19 heavy (non-hydrogen) atoms. The van der Waals surface area contributed by atoms with E-state index in [0.717, 1.165) is 5.69 Å². The van der Waals surface area contributed by atoms with E-state index in [4.69, 9.17) is 5.84 Å². The molecule has 0 atom stereocenters. The summed E-state index contributed by atoms with van der Waals surface area (Å²) in [6, 6.07) is 4.24. The Morgan fingerprint density at radius 3 is 3.00 bits per heavy atom. The lowest BCUT2D eigenvalue weighted by molar-refractivity contribution is 0.0784. The van der Waals surface area contributed by atoms with Crippen LogP contribution in [-0.4, -0.2) is 22.8 Å². The number of carbonyl (C=O) groups excluding carboxylic acids is 1. The van der Waals surface area contributed by atoms with Crippen LogP contribution in [0.25, 0.3) is 0 Å². The number of nitrogens with one attached hydrogen (secondary N) is 1. The van der Waals surface area contributed by atoms with Crippen molar-refractivity contribution in [2.75, 3.05) is 12.5 Å². The number of hydrazine groups is 1. The third kappa shape index (κ3) is 2.88. The molecule has 0 fully saturated rings. The maximum Gasteiger partial charge on any atom is 0.256 e. The Kier molecular flexibility index (Phi) is 4.08. The van der Waals surface area contributed by atoms with Gasteiger partial charge < -0.3 is 10.3 Å². The van der Waals surface area contributed by atoms with E-state index in [1.54, 1.807) is 12.6 Å². The van der Waals surface area contributed by atoms with Crippen molar-refractivity contribution in [3.05, 3.63) is 46.2 Å². The Hall–Kier alpha value is -1.99. The summed E-state index contributed by atoms with van der Waals surface area (Å²) in [5, 5.41) is 1.86. The summed E-state index contributed by atoms with van der Waals surface area (Å²) in [4.78, 5) is 17.8. The van der Waals surface area contributed by atoms with Crippen molar-refractivity contribution < 1.29 is 9.18 Å². The minimum Gasteiger partial charge on any atom is -0.336 e. The second-order valence-electron chi connectivity index (χ2n) is 3.95. The van der Waals surface area contributed by atoms with Crippen LogP contribution in [0, 0.1) is 5.82 Å². The van der Waals surface area contributed by atoms with Gasteiger partial charge in [0, 0.05) is 12.4 Å². The first kappa shape index (κ1) is 13.4. The fourth-order valence-corrected chi connectivity index (χ4v) is 2.23. The fourth-order valence-electron chi connectivity index (χ4n) is 1.69. The highest BCUT2D eigenvalue weighted by molar-refractivity contribution is 7.07. The smallest absolute Gasteiger partial charge is 0.256 e. The maximum absolute atomic E-state index is 13.5. The van der Waals surface area contributed by atoms with Crippen molar-refractivity contribution in [2.24, 2.45) is 5.84 Å². The van der Waals surface area contributed by atoms with Crippen molar-refractivity contribution in [2.45, 2.75) is 6.54 Å². The zero-order chi connectivity index (χ0) is 13.8. The summed E-state index contributed by atoms with van der Waals surface area (Å²) in [5.41, 5.74) is 4.90. The van der Waals surface area contributed by atoms with Crippen LogP contribution in [0.2, 0.25) is 0 Å². The summed E-state index contributed by atoms with van der Waals surface area (Å²) < 4.78 is 13.5. The monoisotopic (exact) mass is 280 g/mol. The van der Waals surface area contributed by atoms with Gasteiger partial charge in [-0.1, -0.05) is 6.07 Å². The quantitative estimate of drug-likeness (QED) is 0.662. The van der Waals surface area contributed by atoms with Crippen molar-refractivity contribution in [3.63, 3.8) is 0 Å². The number of nitrogens with zero attached hydrogens (tertiary/aromatic N) is 2. The van der Waals surface area contributed by atoms with Gasteiger partial charge in [0.25, 0.3) is 5.91 Å². The number of benzene rings is 1. The molecule has 0 aliphatic carbocycles. The molecule has 0 radical (unpaired) electrons. The number of halogens is 1. The number of aromatic nitrogens is 1. The molecule has 7 heteroatoms. The SMILES string of the molecule is CN(Cc1cscn1)C(=O)c1cccc(F)c1NN. The first-order valence-electron chi connectivity index (χ1n) is 5.51. The van der Waals surface area contributed by atoms with Crippen molar-refractivity contribution in [3.8, 4) is 0 Å². The van der Waals surface area contributed by atoms with E-state index in [9.17, 15) is 9.18 Å². The van der Waals surface area contributed by atoms with E-state index in [0.29, 0.717) is 6.54 Å². The van der Waals surface area contributed by atoms with Gasteiger partial charge in [0.2, 0.25) is 0 Å². The molecule has 1 aromatic heterocycles. The molecular formula is C12H13FN4OS. The Morgan fingerprint density at radius 2 is 2.37 bits per heavy atom. The zero-order valence-corrected chi connectivity index (χ0v) is 11.1. The Balaban J connectivity index is 2.22. The number of anilines is 1.